The number of halogens is 1. The number of fused-ring (bicyclic) bond motifs is 2. The average Bonchev–Trinajstić information content (AvgIpc) is 2.82. The number of aromatic nitrogens is 2. The first kappa shape index (κ1) is 20.2. The summed E-state index contributed by atoms with van der Waals surface area (Å²) in [4.78, 5) is 12.0. The van der Waals surface area contributed by atoms with Gasteiger partial charge in [0.25, 0.3) is 0 Å². The van der Waals surface area contributed by atoms with Gasteiger partial charge in [-0.2, -0.15) is 4.98 Å². The molecule has 0 radical (unpaired) electrons. The molecule has 1 aliphatic heterocycles. The Morgan fingerprint density at radius 3 is 2.44 bits per heavy atom. The number of nitrogens with zero attached hydrogens (tertiary/aromatic N) is 3. The Morgan fingerprint density at radius 1 is 0.938 bits per heavy atom. The van der Waals surface area contributed by atoms with E-state index in [4.69, 9.17) is 14.7 Å². The molecule has 0 amide bonds. The molecule has 0 fully saturated rings. The van der Waals surface area contributed by atoms with Crippen LogP contribution < -0.4 is 15.0 Å². The fourth-order valence-electron chi connectivity index (χ4n) is 4.54. The monoisotopic (exact) mass is 428 g/mol. The van der Waals surface area contributed by atoms with E-state index in [1.165, 1.54) is 23.3 Å². The molecule has 5 nitrogen and oxygen atoms in total. The van der Waals surface area contributed by atoms with Gasteiger partial charge >= 0.3 is 0 Å². The normalized spacial score (nSPS) is 17.8. The Kier molecular flexibility index (Phi) is 5.13. The summed E-state index contributed by atoms with van der Waals surface area (Å²) < 4.78 is 19.0. The molecule has 32 heavy (non-hydrogen) atoms. The molecular formula is C26H25FN4O. The van der Waals surface area contributed by atoms with Gasteiger partial charge in [0.15, 0.2) is 0 Å². The molecule has 0 saturated heterocycles. The molecule has 2 heterocycles. The highest BCUT2D eigenvalue weighted by Crippen LogP contribution is 2.41. The van der Waals surface area contributed by atoms with Gasteiger partial charge in [0.2, 0.25) is 5.95 Å². The van der Waals surface area contributed by atoms with Crippen LogP contribution in [-0.4, -0.2) is 23.6 Å². The lowest BCUT2D eigenvalue weighted by Crippen LogP contribution is -2.36. The van der Waals surface area contributed by atoms with Gasteiger partial charge in [0.1, 0.15) is 22.9 Å². The Bertz CT molecular complexity index is 1270. The lowest BCUT2D eigenvalue weighted by Gasteiger charge is -2.40. The van der Waals surface area contributed by atoms with Crippen LogP contribution in [0, 0.1) is 5.82 Å². The van der Waals surface area contributed by atoms with Gasteiger partial charge in [-0.05, 0) is 60.4 Å². The van der Waals surface area contributed by atoms with Crippen LogP contribution in [0.5, 0.6) is 5.75 Å². The van der Waals surface area contributed by atoms with E-state index in [0.29, 0.717) is 17.6 Å². The third kappa shape index (κ3) is 3.51. The Balaban J connectivity index is 1.65. The summed E-state index contributed by atoms with van der Waals surface area (Å²) in [5, 5.41) is 4.17. The van der Waals surface area contributed by atoms with Crippen LogP contribution in [0.4, 0.5) is 21.8 Å². The van der Waals surface area contributed by atoms with Gasteiger partial charge < -0.3 is 15.0 Å². The summed E-state index contributed by atoms with van der Waals surface area (Å²) >= 11 is 0. The van der Waals surface area contributed by atoms with Crippen molar-refractivity contribution in [2.45, 2.75) is 25.8 Å². The number of methoxy groups -OCH3 is 1. The molecule has 2 atom stereocenters. The average molecular weight is 429 g/mol. The smallest absolute Gasteiger partial charge is 0.229 e. The number of para-hydroxylation sites is 1. The number of ether oxygens (including phenoxy) is 1. The van der Waals surface area contributed by atoms with Crippen molar-refractivity contribution in [2.24, 2.45) is 0 Å². The summed E-state index contributed by atoms with van der Waals surface area (Å²) in [5.74, 6) is 2.07. The van der Waals surface area contributed by atoms with Gasteiger partial charge in [-0.15, -0.1) is 0 Å². The van der Waals surface area contributed by atoms with E-state index in [1.54, 1.807) is 19.2 Å². The van der Waals surface area contributed by atoms with Crippen molar-refractivity contribution in [3.63, 3.8) is 0 Å². The minimum absolute atomic E-state index is 0.158. The number of hydrogen-bond donors (Lipinski definition) is 1. The van der Waals surface area contributed by atoms with Crippen LogP contribution >= 0.6 is 0 Å². The van der Waals surface area contributed by atoms with Gasteiger partial charge in [0.05, 0.1) is 13.2 Å². The fourth-order valence-corrected chi connectivity index (χ4v) is 4.54. The maximum Gasteiger partial charge on any atom is 0.229 e. The van der Waals surface area contributed by atoms with Gasteiger partial charge in [-0.25, -0.2) is 9.37 Å². The summed E-state index contributed by atoms with van der Waals surface area (Å²) in [6, 6.07) is 20.8. The number of benzene rings is 3. The standard InChI is InChI=1S/C26H25FN4O/c1-16-15-31(17(2)21-8-5-4-7-20(16)21)25-22-9-6-10-23(32-3)24(22)29-26(30-25)28-19-13-11-18(27)12-14-19/h4-14,16-17H,15H2,1-3H3,(H,28,29,30). The zero-order valence-corrected chi connectivity index (χ0v) is 18.3. The molecule has 0 aliphatic carbocycles. The van der Waals surface area contributed by atoms with Crippen LogP contribution in [0.3, 0.4) is 0 Å². The van der Waals surface area contributed by atoms with Gasteiger partial charge in [0, 0.05) is 17.6 Å². The summed E-state index contributed by atoms with van der Waals surface area (Å²) in [6.07, 6.45) is 0. The van der Waals surface area contributed by atoms with E-state index in [2.05, 4.69) is 48.3 Å². The fraction of sp³-hybridized carbons (Fsp3) is 0.231. The third-order valence-corrected chi connectivity index (χ3v) is 6.18. The maximum absolute atomic E-state index is 13.4. The molecule has 6 heteroatoms. The van der Waals surface area contributed by atoms with E-state index >= 15 is 0 Å². The van der Waals surface area contributed by atoms with Crippen LogP contribution in [0.1, 0.15) is 36.9 Å². The Labute approximate surface area is 186 Å². The van der Waals surface area contributed by atoms with Crippen molar-refractivity contribution < 1.29 is 9.13 Å². The van der Waals surface area contributed by atoms with Crippen LogP contribution in [0.2, 0.25) is 0 Å². The largest absolute Gasteiger partial charge is 0.494 e. The van der Waals surface area contributed by atoms with E-state index in [1.807, 2.05) is 18.2 Å². The zero-order chi connectivity index (χ0) is 22.2. The van der Waals surface area contributed by atoms with Crippen LogP contribution in [0.15, 0.2) is 66.7 Å². The molecule has 3 aromatic carbocycles. The molecule has 4 aromatic rings. The lowest BCUT2D eigenvalue weighted by atomic mass is 9.86. The minimum Gasteiger partial charge on any atom is -0.494 e. The molecule has 162 valence electrons. The molecule has 1 aromatic heterocycles. The zero-order valence-electron chi connectivity index (χ0n) is 18.3. The number of hydrogen-bond acceptors (Lipinski definition) is 5. The Hall–Kier alpha value is -3.67. The quantitative estimate of drug-likeness (QED) is 0.419. The number of rotatable bonds is 4. The summed E-state index contributed by atoms with van der Waals surface area (Å²) in [7, 11) is 1.64. The predicted octanol–water partition coefficient (Wildman–Crippen LogP) is 6.21. The SMILES string of the molecule is COc1cccc2c(N3CC(C)c4ccccc4C3C)nc(Nc3ccc(F)cc3)nc12. The van der Waals surface area contributed by atoms with Crippen molar-refractivity contribution in [1.29, 1.82) is 0 Å². The molecule has 2 unspecified atom stereocenters. The Morgan fingerprint density at radius 2 is 1.69 bits per heavy atom. The lowest BCUT2D eigenvalue weighted by molar-refractivity contribution is 0.419. The first-order chi connectivity index (χ1) is 15.5. The highest BCUT2D eigenvalue weighted by atomic mass is 19.1. The second-order valence-electron chi connectivity index (χ2n) is 8.22. The van der Waals surface area contributed by atoms with E-state index in [9.17, 15) is 4.39 Å². The van der Waals surface area contributed by atoms with Crippen LogP contribution in [0.25, 0.3) is 10.9 Å². The van der Waals surface area contributed by atoms with Gasteiger partial charge in [-0.1, -0.05) is 37.3 Å². The molecule has 0 bridgehead atoms. The topological polar surface area (TPSA) is 50.3 Å². The second-order valence-corrected chi connectivity index (χ2v) is 8.22. The van der Waals surface area contributed by atoms with E-state index < -0.39 is 0 Å². The van der Waals surface area contributed by atoms with Crippen molar-refractivity contribution in [3.05, 3.63) is 83.7 Å². The summed E-state index contributed by atoms with van der Waals surface area (Å²) in [6.45, 7) is 5.31. The van der Waals surface area contributed by atoms with Crippen LogP contribution in [-0.2, 0) is 0 Å². The predicted molar refractivity (Wildman–Crippen MR) is 126 cm³/mol. The first-order valence-electron chi connectivity index (χ1n) is 10.8. The molecule has 1 aliphatic rings. The maximum atomic E-state index is 13.4. The third-order valence-electron chi connectivity index (χ3n) is 6.18. The first-order valence-corrected chi connectivity index (χ1v) is 10.8. The highest BCUT2D eigenvalue weighted by molar-refractivity contribution is 5.95. The van der Waals surface area contributed by atoms with E-state index in [0.717, 1.165) is 29.0 Å². The summed E-state index contributed by atoms with van der Waals surface area (Å²) in [5.41, 5.74) is 4.16. The second kappa shape index (κ2) is 8.11. The van der Waals surface area contributed by atoms with E-state index in [-0.39, 0.29) is 11.9 Å². The van der Waals surface area contributed by atoms with Crippen molar-refractivity contribution in [2.75, 3.05) is 23.9 Å². The molecule has 5 rings (SSSR count). The number of nitrogens with one attached hydrogen (secondary N) is 1. The molecule has 0 saturated carbocycles. The minimum atomic E-state index is -0.285. The number of anilines is 3. The van der Waals surface area contributed by atoms with Crippen molar-refractivity contribution >= 4 is 28.4 Å². The van der Waals surface area contributed by atoms with Gasteiger partial charge in [-0.3, -0.25) is 0 Å². The van der Waals surface area contributed by atoms with Crippen molar-refractivity contribution in [1.82, 2.24) is 9.97 Å². The van der Waals surface area contributed by atoms with Crippen molar-refractivity contribution in [3.8, 4) is 5.75 Å². The molecule has 1 N–H and O–H groups in total. The molecular weight excluding hydrogens is 403 g/mol. The highest BCUT2D eigenvalue weighted by Gasteiger charge is 2.30. The molecule has 0 spiro atoms.